The van der Waals surface area contributed by atoms with Crippen LogP contribution in [0.15, 0.2) is 42.5 Å². The van der Waals surface area contributed by atoms with Crippen LogP contribution >= 0.6 is 0 Å². The maximum atomic E-state index is 13.6. The predicted molar refractivity (Wildman–Crippen MR) is 106 cm³/mol. The average molecular weight is 370 g/mol. The van der Waals surface area contributed by atoms with E-state index in [9.17, 15) is 14.0 Å². The highest BCUT2D eigenvalue weighted by molar-refractivity contribution is 5.94. The second kappa shape index (κ2) is 9.31. The maximum absolute atomic E-state index is 13.6. The molecule has 0 saturated heterocycles. The van der Waals surface area contributed by atoms with Gasteiger partial charge in [-0.05, 0) is 30.0 Å². The number of carbonyl (C=O) groups is 2. The summed E-state index contributed by atoms with van der Waals surface area (Å²) in [6.07, 6.45) is 0.153. The van der Waals surface area contributed by atoms with Crippen LogP contribution in [-0.2, 0) is 16.1 Å². The molecule has 144 valence electrons. The van der Waals surface area contributed by atoms with Gasteiger partial charge in [0.25, 0.3) is 0 Å². The van der Waals surface area contributed by atoms with Crippen molar-refractivity contribution in [3.8, 4) is 0 Å². The summed E-state index contributed by atoms with van der Waals surface area (Å²) in [6.45, 7) is 8.05. The van der Waals surface area contributed by atoms with E-state index in [0.717, 1.165) is 16.8 Å². The molecule has 0 aliphatic carbocycles. The Labute approximate surface area is 160 Å². The molecule has 0 aromatic heterocycles. The number of para-hydroxylation sites is 1. The van der Waals surface area contributed by atoms with Crippen molar-refractivity contribution in [2.75, 3.05) is 11.4 Å². The van der Waals surface area contributed by atoms with Crippen LogP contribution in [0.4, 0.5) is 10.1 Å². The number of carbonyl (C=O) groups excluding carboxylic acids is 2. The maximum Gasteiger partial charge on any atom is 0.223 e. The molecule has 1 N–H and O–H groups in total. The highest BCUT2D eigenvalue weighted by atomic mass is 19.1. The number of aryl methyl sites for hydroxylation is 1. The Kier molecular flexibility index (Phi) is 7.11. The molecule has 27 heavy (non-hydrogen) atoms. The molecule has 0 saturated carbocycles. The zero-order valence-corrected chi connectivity index (χ0v) is 16.4. The monoisotopic (exact) mass is 370 g/mol. The molecule has 0 fully saturated rings. The van der Waals surface area contributed by atoms with Crippen molar-refractivity contribution in [2.24, 2.45) is 0 Å². The SMILES string of the molecule is CC(=O)N(CCC(=O)NCc1ccccc1F)c1c(C)cccc1C(C)C. The lowest BCUT2D eigenvalue weighted by molar-refractivity contribution is -0.121. The predicted octanol–water partition coefficient (Wildman–Crippen LogP) is 4.32. The topological polar surface area (TPSA) is 49.4 Å². The van der Waals surface area contributed by atoms with Gasteiger partial charge in [-0.25, -0.2) is 4.39 Å². The highest BCUT2D eigenvalue weighted by Gasteiger charge is 2.20. The molecule has 2 rings (SSSR count). The number of anilines is 1. The van der Waals surface area contributed by atoms with E-state index in [1.807, 2.05) is 25.1 Å². The molecule has 0 radical (unpaired) electrons. The smallest absolute Gasteiger partial charge is 0.223 e. The van der Waals surface area contributed by atoms with Crippen molar-refractivity contribution in [2.45, 2.75) is 46.6 Å². The lowest BCUT2D eigenvalue weighted by atomic mass is 9.97. The van der Waals surface area contributed by atoms with Crippen LogP contribution in [0.5, 0.6) is 0 Å². The Bertz CT molecular complexity index is 818. The Balaban J connectivity index is 2.06. The first-order valence-corrected chi connectivity index (χ1v) is 9.19. The number of halogens is 1. The van der Waals surface area contributed by atoms with Crippen LogP contribution in [0.3, 0.4) is 0 Å². The second-order valence-corrected chi connectivity index (χ2v) is 6.96. The Morgan fingerprint density at radius 1 is 1.11 bits per heavy atom. The van der Waals surface area contributed by atoms with Crippen molar-refractivity contribution < 1.29 is 14.0 Å². The first kappa shape index (κ1) is 20.6. The molecule has 0 bridgehead atoms. The van der Waals surface area contributed by atoms with Gasteiger partial charge in [0.15, 0.2) is 0 Å². The number of nitrogens with zero attached hydrogens (tertiary/aromatic N) is 1. The summed E-state index contributed by atoms with van der Waals surface area (Å²) in [4.78, 5) is 26.1. The molecule has 0 unspecified atom stereocenters. The molecule has 2 aromatic carbocycles. The fourth-order valence-corrected chi connectivity index (χ4v) is 3.08. The Morgan fingerprint density at radius 3 is 2.44 bits per heavy atom. The molecular formula is C22H27FN2O2. The largest absolute Gasteiger partial charge is 0.352 e. The summed E-state index contributed by atoms with van der Waals surface area (Å²) >= 11 is 0. The van der Waals surface area contributed by atoms with Gasteiger partial charge in [0.2, 0.25) is 11.8 Å². The van der Waals surface area contributed by atoms with Crippen molar-refractivity contribution in [1.29, 1.82) is 0 Å². The minimum atomic E-state index is -0.343. The van der Waals surface area contributed by atoms with Crippen LogP contribution in [-0.4, -0.2) is 18.4 Å². The van der Waals surface area contributed by atoms with Gasteiger partial charge >= 0.3 is 0 Å². The van der Waals surface area contributed by atoms with Gasteiger partial charge < -0.3 is 10.2 Å². The van der Waals surface area contributed by atoms with E-state index in [0.29, 0.717) is 5.56 Å². The number of nitrogens with one attached hydrogen (secondary N) is 1. The molecule has 0 atom stereocenters. The van der Waals surface area contributed by atoms with Gasteiger partial charge in [0, 0.05) is 37.7 Å². The van der Waals surface area contributed by atoms with E-state index in [1.54, 1.807) is 23.1 Å². The molecular weight excluding hydrogens is 343 g/mol. The van der Waals surface area contributed by atoms with Crippen molar-refractivity contribution >= 4 is 17.5 Å². The van der Waals surface area contributed by atoms with Crippen LogP contribution in [0.2, 0.25) is 0 Å². The first-order chi connectivity index (χ1) is 12.8. The lowest BCUT2D eigenvalue weighted by Crippen LogP contribution is -2.35. The third-order valence-corrected chi connectivity index (χ3v) is 4.54. The third kappa shape index (κ3) is 5.39. The fourth-order valence-electron chi connectivity index (χ4n) is 3.08. The quantitative estimate of drug-likeness (QED) is 0.789. The van der Waals surface area contributed by atoms with Crippen LogP contribution in [0.1, 0.15) is 49.8 Å². The van der Waals surface area contributed by atoms with Crippen LogP contribution in [0.25, 0.3) is 0 Å². The van der Waals surface area contributed by atoms with E-state index >= 15 is 0 Å². The summed E-state index contributed by atoms with van der Waals surface area (Å²) in [6, 6.07) is 12.3. The molecule has 0 aliphatic rings. The van der Waals surface area contributed by atoms with Gasteiger partial charge in [-0.3, -0.25) is 9.59 Å². The summed E-state index contributed by atoms with van der Waals surface area (Å²) in [5.74, 6) is -0.404. The summed E-state index contributed by atoms with van der Waals surface area (Å²) < 4.78 is 13.6. The lowest BCUT2D eigenvalue weighted by Gasteiger charge is -2.27. The van der Waals surface area contributed by atoms with Gasteiger partial charge in [-0.2, -0.15) is 0 Å². The molecule has 0 aliphatic heterocycles. The molecule has 4 nitrogen and oxygen atoms in total. The summed E-state index contributed by atoms with van der Waals surface area (Å²) in [5, 5.41) is 2.72. The van der Waals surface area contributed by atoms with E-state index in [4.69, 9.17) is 0 Å². The first-order valence-electron chi connectivity index (χ1n) is 9.19. The molecule has 2 aromatic rings. The number of hydrogen-bond acceptors (Lipinski definition) is 2. The standard InChI is InChI=1S/C22H27FN2O2/c1-15(2)19-10-7-8-16(3)22(19)25(17(4)26)13-12-21(27)24-14-18-9-5-6-11-20(18)23/h5-11,15H,12-14H2,1-4H3,(H,24,27). The zero-order chi connectivity index (χ0) is 20.0. The van der Waals surface area contributed by atoms with E-state index in [-0.39, 0.29) is 43.1 Å². The molecule has 5 heteroatoms. The zero-order valence-electron chi connectivity index (χ0n) is 16.4. The van der Waals surface area contributed by atoms with Gasteiger partial charge in [-0.15, -0.1) is 0 Å². The van der Waals surface area contributed by atoms with Gasteiger partial charge in [0.05, 0.1) is 0 Å². The molecule has 2 amide bonds. The number of benzene rings is 2. The Hall–Kier alpha value is -2.69. The van der Waals surface area contributed by atoms with Crippen molar-refractivity contribution in [1.82, 2.24) is 5.32 Å². The van der Waals surface area contributed by atoms with Crippen molar-refractivity contribution in [3.63, 3.8) is 0 Å². The Morgan fingerprint density at radius 2 is 1.81 bits per heavy atom. The highest BCUT2D eigenvalue weighted by Crippen LogP contribution is 2.31. The molecule has 0 heterocycles. The fraction of sp³-hybridized carbons (Fsp3) is 0.364. The van der Waals surface area contributed by atoms with E-state index in [1.165, 1.54) is 13.0 Å². The normalized spacial score (nSPS) is 10.7. The third-order valence-electron chi connectivity index (χ3n) is 4.54. The minimum absolute atomic E-state index is 0.104. The van der Waals surface area contributed by atoms with E-state index < -0.39 is 0 Å². The number of hydrogen-bond donors (Lipinski definition) is 1. The number of amides is 2. The van der Waals surface area contributed by atoms with E-state index in [2.05, 4.69) is 19.2 Å². The van der Waals surface area contributed by atoms with Gasteiger partial charge in [-0.1, -0.05) is 50.2 Å². The van der Waals surface area contributed by atoms with Crippen LogP contribution < -0.4 is 10.2 Å². The minimum Gasteiger partial charge on any atom is -0.352 e. The molecule has 0 spiro atoms. The summed E-state index contributed by atoms with van der Waals surface area (Å²) in [5.41, 5.74) is 3.40. The summed E-state index contributed by atoms with van der Waals surface area (Å²) in [7, 11) is 0. The average Bonchev–Trinajstić information content (AvgIpc) is 2.61. The van der Waals surface area contributed by atoms with Crippen molar-refractivity contribution in [3.05, 3.63) is 65.0 Å². The van der Waals surface area contributed by atoms with Crippen LogP contribution in [0, 0.1) is 12.7 Å². The van der Waals surface area contributed by atoms with Gasteiger partial charge in [0.1, 0.15) is 5.82 Å². The number of rotatable bonds is 7. The second-order valence-electron chi connectivity index (χ2n) is 6.96.